The molecule has 5 heteroatoms. The number of thiazole rings is 2. The van der Waals surface area contributed by atoms with E-state index in [1.807, 2.05) is 18.5 Å². The predicted molar refractivity (Wildman–Crippen MR) is 55.9 cm³/mol. The maximum absolute atomic E-state index is 5.47. The van der Waals surface area contributed by atoms with Gasteiger partial charge in [-0.3, -0.25) is 0 Å². The molecule has 2 aromatic heterocycles. The molecule has 0 radical (unpaired) electrons. The van der Waals surface area contributed by atoms with Gasteiger partial charge in [0.1, 0.15) is 0 Å². The second-order valence-electron chi connectivity index (χ2n) is 2.62. The Morgan fingerprint density at radius 1 is 1.46 bits per heavy atom. The molecule has 2 rings (SSSR count). The van der Waals surface area contributed by atoms with Crippen LogP contribution in [0.4, 0.5) is 0 Å². The first-order chi connectivity index (χ1) is 6.29. The highest BCUT2D eigenvalue weighted by molar-refractivity contribution is 7.20. The Balaban J connectivity index is 2.35. The molecule has 0 aliphatic rings. The van der Waals surface area contributed by atoms with Gasteiger partial charge >= 0.3 is 0 Å². The van der Waals surface area contributed by atoms with Crippen molar-refractivity contribution in [3.63, 3.8) is 0 Å². The number of hydrogen-bond acceptors (Lipinski definition) is 5. The first-order valence-electron chi connectivity index (χ1n) is 3.87. The van der Waals surface area contributed by atoms with Gasteiger partial charge in [-0.25, -0.2) is 9.97 Å². The Bertz CT molecular complexity index is 405. The van der Waals surface area contributed by atoms with E-state index in [1.165, 1.54) is 4.88 Å². The maximum Gasteiger partial charge on any atom is 0.152 e. The van der Waals surface area contributed by atoms with Crippen molar-refractivity contribution in [1.29, 1.82) is 0 Å². The van der Waals surface area contributed by atoms with Gasteiger partial charge in [-0.2, -0.15) is 0 Å². The van der Waals surface area contributed by atoms with Crippen molar-refractivity contribution >= 4 is 22.7 Å². The number of rotatable bonds is 2. The zero-order chi connectivity index (χ0) is 9.26. The van der Waals surface area contributed by atoms with Crippen LogP contribution in [0.15, 0.2) is 11.6 Å². The highest BCUT2D eigenvalue weighted by Gasteiger charge is 2.06. The summed E-state index contributed by atoms with van der Waals surface area (Å²) in [6.45, 7) is 2.54. The molecule has 0 spiro atoms. The zero-order valence-corrected chi connectivity index (χ0v) is 8.78. The molecule has 68 valence electrons. The molecular formula is C8H9N3S2. The molecule has 2 aromatic rings. The van der Waals surface area contributed by atoms with Crippen LogP contribution >= 0.6 is 22.7 Å². The molecule has 2 N–H and O–H groups in total. The summed E-state index contributed by atoms with van der Waals surface area (Å²) >= 11 is 3.26. The highest BCUT2D eigenvalue weighted by Crippen LogP contribution is 2.27. The van der Waals surface area contributed by atoms with Crippen molar-refractivity contribution < 1.29 is 0 Å². The van der Waals surface area contributed by atoms with Gasteiger partial charge in [-0.15, -0.1) is 22.7 Å². The van der Waals surface area contributed by atoms with Gasteiger partial charge in [0.2, 0.25) is 0 Å². The summed E-state index contributed by atoms with van der Waals surface area (Å²) in [5.74, 6) is 0. The van der Waals surface area contributed by atoms with E-state index in [1.54, 1.807) is 22.7 Å². The van der Waals surface area contributed by atoms with Crippen molar-refractivity contribution in [3.8, 4) is 10.0 Å². The maximum atomic E-state index is 5.47. The van der Waals surface area contributed by atoms with Crippen molar-refractivity contribution in [3.05, 3.63) is 22.1 Å². The Morgan fingerprint density at radius 3 is 2.85 bits per heavy atom. The van der Waals surface area contributed by atoms with Crippen LogP contribution in [0, 0.1) is 6.92 Å². The monoisotopic (exact) mass is 211 g/mol. The molecular weight excluding hydrogens is 202 g/mol. The third-order valence-corrected chi connectivity index (χ3v) is 3.51. The van der Waals surface area contributed by atoms with Crippen LogP contribution in [-0.2, 0) is 6.54 Å². The highest BCUT2D eigenvalue weighted by atomic mass is 32.1. The van der Waals surface area contributed by atoms with Crippen LogP contribution in [-0.4, -0.2) is 9.97 Å². The van der Waals surface area contributed by atoms with Gasteiger partial charge in [-0.05, 0) is 6.92 Å². The third kappa shape index (κ3) is 1.77. The van der Waals surface area contributed by atoms with E-state index >= 15 is 0 Å². The molecule has 0 bridgehead atoms. The molecule has 13 heavy (non-hydrogen) atoms. The number of aryl methyl sites for hydroxylation is 1. The van der Waals surface area contributed by atoms with E-state index < -0.39 is 0 Å². The largest absolute Gasteiger partial charge is 0.325 e. The van der Waals surface area contributed by atoms with Crippen LogP contribution in [0.2, 0.25) is 0 Å². The SMILES string of the molecule is Cc1cnc(-c2nc(CN)cs2)s1. The fourth-order valence-corrected chi connectivity index (χ4v) is 2.59. The molecule has 0 saturated carbocycles. The summed E-state index contributed by atoms with van der Waals surface area (Å²) in [7, 11) is 0. The van der Waals surface area contributed by atoms with Gasteiger partial charge in [0.15, 0.2) is 10.0 Å². The van der Waals surface area contributed by atoms with Gasteiger partial charge in [0.05, 0.1) is 5.69 Å². The lowest BCUT2D eigenvalue weighted by Crippen LogP contribution is -1.95. The molecule has 0 saturated heterocycles. The molecule has 0 atom stereocenters. The number of hydrogen-bond donors (Lipinski definition) is 1. The summed E-state index contributed by atoms with van der Waals surface area (Å²) in [5, 5.41) is 3.94. The summed E-state index contributed by atoms with van der Waals surface area (Å²) in [5.41, 5.74) is 6.41. The van der Waals surface area contributed by atoms with Crippen LogP contribution in [0.25, 0.3) is 10.0 Å². The summed E-state index contributed by atoms with van der Waals surface area (Å²) in [6.07, 6.45) is 1.86. The topological polar surface area (TPSA) is 51.8 Å². The van der Waals surface area contributed by atoms with Gasteiger partial charge < -0.3 is 5.73 Å². The minimum absolute atomic E-state index is 0.501. The standard InChI is InChI=1S/C8H9N3S2/c1-5-3-10-7(13-5)8-11-6(2-9)4-12-8/h3-4H,2,9H2,1H3. The van der Waals surface area contributed by atoms with Crippen molar-refractivity contribution in [1.82, 2.24) is 9.97 Å². The molecule has 0 fully saturated rings. The smallest absolute Gasteiger partial charge is 0.152 e. The van der Waals surface area contributed by atoms with E-state index in [4.69, 9.17) is 5.73 Å². The van der Waals surface area contributed by atoms with E-state index in [0.717, 1.165) is 15.7 Å². The fraction of sp³-hybridized carbons (Fsp3) is 0.250. The quantitative estimate of drug-likeness (QED) is 0.827. The van der Waals surface area contributed by atoms with Gasteiger partial charge in [0.25, 0.3) is 0 Å². The molecule has 3 nitrogen and oxygen atoms in total. The number of aromatic nitrogens is 2. The van der Waals surface area contributed by atoms with Crippen LogP contribution in [0.5, 0.6) is 0 Å². The second kappa shape index (κ2) is 3.53. The Morgan fingerprint density at radius 2 is 2.31 bits per heavy atom. The third-order valence-electron chi connectivity index (χ3n) is 1.57. The lowest BCUT2D eigenvalue weighted by molar-refractivity contribution is 1.01. The van der Waals surface area contributed by atoms with E-state index in [-0.39, 0.29) is 0 Å². The fourth-order valence-electron chi connectivity index (χ4n) is 0.953. The Kier molecular flexibility index (Phi) is 2.39. The lowest BCUT2D eigenvalue weighted by atomic mass is 10.5. The summed E-state index contributed by atoms with van der Waals surface area (Å²) in [6, 6.07) is 0. The number of nitrogens with zero attached hydrogens (tertiary/aromatic N) is 2. The first-order valence-corrected chi connectivity index (χ1v) is 5.56. The van der Waals surface area contributed by atoms with Crippen molar-refractivity contribution in [2.45, 2.75) is 13.5 Å². The molecule has 0 aliphatic carbocycles. The number of nitrogens with two attached hydrogens (primary N) is 1. The van der Waals surface area contributed by atoms with Gasteiger partial charge in [0, 0.05) is 23.0 Å². The van der Waals surface area contributed by atoms with Crippen molar-refractivity contribution in [2.24, 2.45) is 5.73 Å². The normalized spacial score (nSPS) is 10.6. The Labute approximate surface area is 84.3 Å². The minimum Gasteiger partial charge on any atom is -0.325 e. The molecule has 0 amide bonds. The average molecular weight is 211 g/mol. The minimum atomic E-state index is 0.501. The van der Waals surface area contributed by atoms with Gasteiger partial charge in [-0.1, -0.05) is 0 Å². The second-order valence-corrected chi connectivity index (χ2v) is 4.72. The average Bonchev–Trinajstić information content (AvgIpc) is 2.71. The van der Waals surface area contributed by atoms with Crippen molar-refractivity contribution in [2.75, 3.05) is 0 Å². The van der Waals surface area contributed by atoms with E-state index in [2.05, 4.69) is 9.97 Å². The zero-order valence-electron chi connectivity index (χ0n) is 7.15. The van der Waals surface area contributed by atoms with E-state index in [0.29, 0.717) is 6.54 Å². The Hall–Kier alpha value is -0.780. The lowest BCUT2D eigenvalue weighted by Gasteiger charge is -1.85. The molecule has 2 heterocycles. The van der Waals surface area contributed by atoms with Crippen LogP contribution < -0.4 is 5.73 Å². The van der Waals surface area contributed by atoms with Crippen LogP contribution in [0.3, 0.4) is 0 Å². The summed E-state index contributed by atoms with van der Waals surface area (Å²) in [4.78, 5) is 9.82. The summed E-state index contributed by atoms with van der Waals surface area (Å²) < 4.78 is 0. The molecule has 0 unspecified atom stereocenters. The van der Waals surface area contributed by atoms with Crippen LogP contribution in [0.1, 0.15) is 10.6 Å². The predicted octanol–water partition coefficient (Wildman–Crippen LogP) is 2.03. The first kappa shape index (κ1) is 8.80. The van der Waals surface area contributed by atoms with E-state index in [9.17, 15) is 0 Å². The molecule has 0 aliphatic heterocycles. The molecule has 0 aromatic carbocycles.